The van der Waals surface area contributed by atoms with Gasteiger partial charge in [-0.05, 0) is 43.3 Å². The summed E-state index contributed by atoms with van der Waals surface area (Å²) in [5.74, 6) is 0.542. The molecule has 2 N–H and O–H groups in total. The number of aryl methyl sites for hydroxylation is 1. The molecule has 2 aromatic carbocycles. The standard InChI is InChI=1S/C22H19N7O2/c1-16-9-8-14-19(25-16)26-21-20(29(30)31)22(24-15-23-21)27-28(17-10-4-2-5-11-17)18-12-6-3-7-13-18/h2-15H,1H3,(H2,23,24,25,26,27). The van der Waals surface area contributed by atoms with Crippen molar-refractivity contribution < 1.29 is 4.92 Å². The monoisotopic (exact) mass is 413 g/mol. The Hall–Kier alpha value is -4.53. The lowest BCUT2D eigenvalue weighted by atomic mass is 10.2. The lowest BCUT2D eigenvalue weighted by Crippen LogP contribution is -2.26. The van der Waals surface area contributed by atoms with Gasteiger partial charge < -0.3 is 5.32 Å². The van der Waals surface area contributed by atoms with Gasteiger partial charge in [-0.25, -0.2) is 15.0 Å². The Morgan fingerprint density at radius 3 is 2.03 bits per heavy atom. The molecular weight excluding hydrogens is 394 g/mol. The van der Waals surface area contributed by atoms with Gasteiger partial charge in [0.25, 0.3) is 0 Å². The highest BCUT2D eigenvalue weighted by Crippen LogP contribution is 2.33. The SMILES string of the molecule is Cc1cccc(Nc2ncnc(NN(c3ccccc3)c3ccccc3)c2[N+](=O)[O-])n1. The Balaban J connectivity index is 1.75. The van der Waals surface area contributed by atoms with E-state index in [-0.39, 0.29) is 17.3 Å². The van der Waals surface area contributed by atoms with Crippen molar-refractivity contribution in [1.82, 2.24) is 15.0 Å². The maximum absolute atomic E-state index is 12.0. The van der Waals surface area contributed by atoms with E-state index < -0.39 is 4.92 Å². The van der Waals surface area contributed by atoms with E-state index >= 15 is 0 Å². The average molecular weight is 413 g/mol. The van der Waals surface area contributed by atoms with E-state index in [1.54, 1.807) is 11.1 Å². The smallest absolute Gasteiger partial charge is 0.319 e. The van der Waals surface area contributed by atoms with Crippen LogP contribution in [0.3, 0.4) is 0 Å². The summed E-state index contributed by atoms with van der Waals surface area (Å²) in [5.41, 5.74) is 5.14. The molecule has 0 spiro atoms. The maximum Gasteiger partial charge on any atom is 0.355 e. The maximum atomic E-state index is 12.0. The van der Waals surface area contributed by atoms with E-state index in [1.165, 1.54) is 6.33 Å². The van der Waals surface area contributed by atoms with Crippen LogP contribution in [0.2, 0.25) is 0 Å². The second-order valence-corrected chi connectivity index (χ2v) is 6.58. The lowest BCUT2D eigenvalue weighted by molar-refractivity contribution is -0.383. The molecule has 0 aliphatic carbocycles. The summed E-state index contributed by atoms with van der Waals surface area (Å²) in [6, 6.07) is 24.3. The van der Waals surface area contributed by atoms with Gasteiger partial charge in [0.05, 0.1) is 16.3 Å². The molecule has 0 saturated heterocycles. The molecule has 4 aromatic rings. The molecule has 154 valence electrons. The quantitative estimate of drug-likeness (QED) is 0.322. The fraction of sp³-hybridized carbons (Fsp3) is 0.0455. The molecule has 0 unspecified atom stereocenters. The molecule has 0 fully saturated rings. The van der Waals surface area contributed by atoms with Crippen LogP contribution in [-0.2, 0) is 0 Å². The molecule has 0 atom stereocenters. The fourth-order valence-corrected chi connectivity index (χ4v) is 3.00. The van der Waals surface area contributed by atoms with Crippen molar-refractivity contribution >= 4 is 34.5 Å². The number of aromatic nitrogens is 3. The minimum atomic E-state index is -0.519. The largest absolute Gasteiger partial charge is 0.355 e. The molecule has 9 nitrogen and oxygen atoms in total. The van der Waals surface area contributed by atoms with E-state index in [9.17, 15) is 10.1 Å². The number of anilines is 5. The van der Waals surface area contributed by atoms with Crippen molar-refractivity contribution in [1.29, 1.82) is 0 Å². The van der Waals surface area contributed by atoms with Crippen LogP contribution in [0.25, 0.3) is 0 Å². The molecule has 31 heavy (non-hydrogen) atoms. The molecule has 0 bridgehead atoms. The van der Waals surface area contributed by atoms with Crippen molar-refractivity contribution in [3.05, 3.63) is 101 Å². The van der Waals surface area contributed by atoms with Gasteiger partial charge >= 0.3 is 5.69 Å². The zero-order valence-corrected chi connectivity index (χ0v) is 16.6. The molecule has 0 amide bonds. The highest BCUT2D eigenvalue weighted by atomic mass is 16.6. The molecule has 2 heterocycles. The molecule has 0 saturated carbocycles. The predicted octanol–water partition coefficient (Wildman–Crippen LogP) is 5.00. The van der Waals surface area contributed by atoms with Crippen molar-refractivity contribution in [3.63, 3.8) is 0 Å². The summed E-state index contributed by atoms with van der Waals surface area (Å²) in [4.78, 5) is 24.0. The molecule has 0 aliphatic heterocycles. The number of hydrazine groups is 1. The molecule has 4 rings (SSSR count). The van der Waals surface area contributed by atoms with Gasteiger partial charge in [0.2, 0.25) is 11.6 Å². The first kappa shape index (κ1) is 19.8. The predicted molar refractivity (Wildman–Crippen MR) is 120 cm³/mol. The van der Waals surface area contributed by atoms with Gasteiger partial charge in [0.15, 0.2) is 0 Å². The van der Waals surface area contributed by atoms with Gasteiger partial charge in [0.1, 0.15) is 12.1 Å². The average Bonchev–Trinajstić information content (AvgIpc) is 2.78. The van der Waals surface area contributed by atoms with Gasteiger partial charge in [0, 0.05) is 5.69 Å². The van der Waals surface area contributed by atoms with Crippen LogP contribution in [0.15, 0.2) is 85.2 Å². The molecule has 0 aliphatic rings. The minimum absolute atomic E-state index is 0.0432. The highest BCUT2D eigenvalue weighted by Gasteiger charge is 2.25. The van der Waals surface area contributed by atoms with Gasteiger partial charge in [-0.2, -0.15) is 0 Å². The summed E-state index contributed by atoms with van der Waals surface area (Å²) in [5, 5.41) is 16.6. The first-order valence-electron chi connectivity index (χ1n) is 9.49. The first-order valence-corrected chi connectivity index (χ1v) is 9.49. The number of benzene rings is 2. The zero-order valence-electron chi connectivity index (χ0n) is 16.6. The Kier molecular flexibility index (Phi) is 5.66. The minimum Gasteiger partial charge on any atom is -0.319 e. The van der Waals surface area contributed by atoms with E-state index in [0.29, 0.717) is 5.82 Å². The van der Waals surface area contributed by atoms with Gasteiger partial charge in [-0.1, -0.05) is 42.5 Å². The summed E-state index contributed by atoms with van der Waals surface area (Å²) in [6.45, 7) is 1.84. The zero-order chi connectivity index (χ0) is 21.6. The number of hydrogen-bond acceptors (Lipinski definition) is 8. The van der Waals surface area contributed by atoms with E-state index in [2.05, 4.69) is 25.7 Å². The fourth-order valence-electron chi connectivity index (χ4n) is 3.00. The Morgan fingerprint density at radius 2 is 1.45 bits per heavy atom. The van der Waals surface area contributed by atoms with Crippen LogP contribution in [-0.4, -0.2) is 19.9 Å². The van der Waals surface area contributed by atoms with Crippen molar-refractivity contribution in [2.45, 2.75) is 6.92 Å². The molecule has 0 radical (unpaired) electrons. The number of pyridine rings is 1. The summed E-state index contributed by atoms with van der Waals surface area (Å²) < 4.78 is 0. The summed E-state index contributed by atoms with van der Waals surface area (Å²) >= 11 is 0. The van der Waals surface area contributed by atoms with Crippen LogP contribution in [0, 0.1) is 17.0 Å². The highest BCUT2D eigenvalue weighted by molar-refractivity contribution is 5.76. The number of nitrogens with zero attached hydrogens (tertiary/aromatic N) is 5. The first-order chi connectivity index (χ1) is 15.1. The number of para-hydroxylation sites is 2. The third kappa shape index (κ3) is 4.56. The van der Waals surface area contributed by atoms with Crippen molar-refractivity contribution in [3.8, 4) is 0 Å². The number of nitrogens with one attached hydrogen (secondary N) is 2. The second-order valence-electron chi connectivity index (χ2n) is 6.58. The Morgan fingerprint density at radius 1 is 0.839 bits per heavy atom. The third-order valence-electron chi connectivity index (χ3n) is 4.39. The molecule has 2 aromatic heterocycles. The van der Waals surface area contributed by atoms with Crippen LogP contribution < -0.4 is 15.8 Å². The van der Waals surface area contributed by atoms with Gasteiger partial charge in [-0.3, -0.25) is 20.5 Å². The van der Waals surface area contributed by atoms with E-state index in [4.69, 9.17) is 0 Å². The normalized spacial score (nSPS) is 10.4. The molecule has 9 heteroatoms. The van der Waals surface area contributed by atoms with Crippen LogP contribution in [0.5, 0.6) is 0 Å². The Labute approximate surface area is 178 Å². The lowest BCUT2D eigenvalue weighted by Gasteiger charge is -2.26. The number of nitro groups is 1. The summed E-state index contributed by atoms with van der Waals surface area (Å²) in [7, 11) is 0. The summed E-state index contributed by atoms with van der Waals surface area (Å²) in [6.07, 6.45) is 1.27. The van der Waals surface area contributed by atoms with Crippen LogP contribution >= 0.6 is 0 Å². The topological polar surface area (TPSA) is 109 Å². The second kappa shape index (κ2) is 8.87. The van der Waals surface area contributed by atoms with Gasteiger partial charge in [-0.15, -0.1) is 0 Å². The van der Waals surface area contributed by atoms with E-state index in [1.807, 2.05) is 79.7 Å². The van der Waals surface area contributed by atoms with Crippen LogP contribution in [0.4, 0.5) is 34.5 Å². The number of hydrogen-bond donors (Lipinski definition) is 2. The third-order valence-corrected chi connectivity index (χ3v) is 4.39. The van der Waals surface area contributed by atoms with Crippen LogP contribution in [0.1, 0.15) is 5.69 Å². The molecular formula is C22H19N7O2. The van der Waals surface area contributed by atoms with Crippen molar-refractivity contribution in [2.75, 3.05) is 15.8 Å². The number of rotatable bonds is 7. The van der Waals surface area contributed by atoms with Crippen molar-refractivity contribution in [2.24, 2.45) is 0 Å². The Bertz CT molecular complexity index is 1150. The van der Waals surface area contributed by atoms with E-state index in [0.717, 1.165) is 17.1 Å².